The molecule has 0 saturated carbocycles. The average molecular weight is 406 g/mol. The van der Waals surface area contributed by atoms with E-state index < -0.39 is 0 Å². The minimum absolute atomic E-state index is 0.226. The van der Waals surface area contributed by atoms with E-state index in [2.05, 4.69) is 10.4 Å². The van der Waals surface area contributed by atoms with Crippen LogP contribution in [0.1, 0.15) is 27.7 Å². The molecule has 0 heterocycles. The van der Waals surface area contributed by atoms with Gasteiger partial charge in [0.2, 0.25) is 0 Å². The molecule has 8 nitrogen and oxygen atoms in total. The van der Waals surface area contributed by atoms with Crippen molar-refractivity contribution in [2.75, 3.05) is 0 Å². The van der Waals surface area contributed by atoms with Crippen molar-refractivity contribution in [3.8, 4) is 0 Å². The van der Waals surface area contributed by atoms with Crippen molar-refractivity contribution in [1.82, 2.24) is 11.0 Å². The quantitative estimate of drug-likeness (QED) is 0.323. The van der Waals surface area contributed by atoms with Crippen LogP contribution in [0.3, 0.4) is 0 Å². The predicted octanol–water partition coefficient (Wildman–Crippen LogP) is 3.34. The summed E-state index contributed by atoms with van der Waals surface area (Å²) in [6, 6.07) is 0. The number of nitrogens with zero attached hydrogens (tertiary/aromatic N) is 2. The van der Waals surface area contributed by atoms with E-state index in [4.69, 9.17) is 29.8 Å². The Kier molecular flexibility index (Phi) is 21.5. The second kappa shape index (κ2) is 17.4. The first-order valence-electron chi connectivity index (χ1n) is 4.51. The molecule has 0 bridgehead atoms. The number of allylic oxidation sites excluding steroid dienone is 4. The monoisotopic (exact) mass is 405 g/mol. The Morgan fingerprint density at radius 3 is 1.16 bits per heavy atom. The second-order valence-corrected chi connectivity index (χ2v) is 5.36. The van der Waals surface area contributed by atoms with Gasteiger partial charge < -0.3 is 0 Å². The van der Waals surface area contributed by atoms with Crippen LogP contribution in [0.15, 0.2) is 33.1 Å². The molecule has 0 saturated heterocycles. The summed E-state index contributed by atoms with van der Waals surface area (Å²) in [5, 5.41) is 21.4. The van der Waals surface area contributed by atoms with E-state index >= 15 is 0 Å². The molecule has 0 aliphatic heterocycles. The zero-order chi connectivity index (χ0) is 15.8. The average Bonchev–Trinajstić information content (AvgIpc) is 2.45. The fourth-order valence-corrected chi connectivity index (χ4v) is 0.299. The molecule has 0 atom stereocenters. The number of nitroso groups, excluding NO2 is 2. The molecule has 115 valence electrons. The first-order chi connectivity index (χ1) is 8.85. The Bertz CT molecular complexity index is 296. The summed E-state index contributed by atoms with van der Waals surface area (Å²) in [6.07, 6.45) is 0. The van der Waals surface area contributed by atoms with Crippen LogP contribution in [0.5, 0.6) is 0 Å². The molecule has 0 aromatic heterocycles. The van der Waals surface area contributed by atoms with Crippen LogP contribution in [0.2, 0.25) is 0 Å². The number of hydroxylamine groups is 2. The first-order valence-corrected chi connectivity index (χ1v) is 8.73. The normalized spacial score (nSPS) is 11.6. The fraction of sp³-hybridized carbons (Fsp3) is 0.500. The summed E-state index contributed by atoms with van der Waals surface area (Å²) >= 11 is -0.226. The molecule has 0 spiro atoms. The van der Waals surface area contributed by atoms with Crippen molar-refractivity contribution >= 4 is 19.4 Å². The number of hydrogen-bond acceptors (Lipinski definition) is 8. The fourth-order valence-electron chi connectivity index (χ4n) is 0.299. The van der Waals surface area contributed by atoms with Crippen LogP contribution in [-0.2, 0) is 15.1 Å². The van der Waals surface area contributed by atoms with Crippen LogP contribution < -0.4 is 11.0 Å². The number of rotatable bonds is 4. The third kappa shape index (κ3) is 17.4. The van der Waals surface area contributed by atoms with E-state index in [1.54, 1.807) is 24.8 Å². The van der Waals surface area contributed by atoms with E-state index in [9.17, 15) is 9.81 Å². The van der Waals surface area contributed by atoms with E-state index in [0.29, 0.717) is 11.4 Å². The van der Waals surface area contributed by atoms with E-state index in [1.807, 2.05) is 0 Å². The standard InChI is InChI=1S/2C4H8N2O2.2ClH.Rh/c2*1-3(5-7)4(2)6-8;;;/h2*5,7H,1-2H3;2*1H;/q;;;;+2/p-2/b2*4-3-;;;. The molecule has 19 heavy (non-hydrogen) atoms. The Morgan fingerprint density at radius 1 is 0.895 bits per heavy atom. The molecule has 0 rings (SSSR count). The molecule has 0 aromatic rings. The summed E-state index contributed by atoms with van der Waals surface area (Å²) < 4.78 is 0. The molecule has 11 heteroatoms. The van der Waals surface area contributed by atoms with Crippen molar-refractivity contribution in [2.24, 2.45) is 10.4 Å². The van der Waals surface area contributed by atoms with Crippen molar-refractivity contribution in [1.29, 1.82) is 0 Å². The van der Waals surface area contributed by atoms with Gasteiger partial charge in [0.25, 0.3) is 0 Å². The van der Waals surface area contributed by atoms with Crippen LogP contribution in [0.25, 0.3) is 0 Å². The molecule has 0 aromatic carbocycles. The molecule has 0 aliphatic carbocycles. The van der Waals surface area contributed by atoms with Crippen molar-refractivity contribution in [2.45, 2.75) is 27.7 Å². The number of halogens is 2. The van der Waals surface area contributed by atoms with Gasteiger partial charge in [0.15, 0.2) is 0 Å². The second-order valence-electron chi connectivity index (χ2n) is 2.87. The third-order valence-electron chi connectivity index (χ3n) is 1.69. The maximum atomic E-state index is 9.65. The third-order valence-corrected chi connectivity index (χ3v) is 1.69. The van der Waals surface area contributed by atoms with Gasteiger partial charge in [-0.05, 0) is 38.0 Å². The van der Waals surface area contributed by atoms with Crippen LogP contribution in [0, 0.1) is 9.81 Å². The van der Waals surface area contributed by atoms with E-state index in [-0.39, 0.29) is 26.5 Å². The molecule has 0 amide bonds. The Morgan fingerprint density at radius 2 is 1.11 bits per heavy atom. The Labute approximate surface area is 126 Å². The zero-order valence-electron chi connectivity index (χ0n) is 10.7. The summed E-state index contributed by atoms with van der Waals surface area (Å²) in [4.78, 5) is 19.3. The minimum atomic E-state index is -0.226. The maximum absolute atomic E-state index is 9.65. The van der Waals surface area contributed by atoms with Crippen LogP contribution in [0.4, 0.5) is 0 Å². The van der Waals surface area contributed by atoms with Gasteiger partial charge in [-0.1, -0.05) is 0 Å². The van der Waals surface area contributed by atoms with Gasteiger partial charge in [0.05, 0.1) is 11.4 Å². The molecule has 0 radical (unpaired) electrons. The van der Waals surface area contributed by atoms with Gasteiger partial charge in [0.1, 0.15) is 11.4 Å². The molecule has 0 unspecified atom stereocenters. The SMILES string of the molecule is C/C(N=O)=C(\C)NO.C/C(N=O)=C(\C)NO.[Cl][Rh][Cl]. The van der Waals surface area contributed by atoms with Crippen molar-refractivity contribution in [3.05, 3.63) is 32.6 Å². The van der Waals surface area contributed by atoms with Gasteiger partial charge in [-0.25, -0.2) is 0 Å². The van der Waals surface area contributed by atoms with E-state index in [1.165, 1.54) is 13.8 Å². The molecule has 0 aliphatic rings. The Balaban J connectivity index is -0.000000224. The Hall–Kier alpha value is -0.597. The van der Waals surface area contributed by atoms with Crippen molar-refractivity contribution < 1.29 is 25.6 Å². The number of hydrogen-bond donors (Lipinski definition) is 4. The van der Waals surface area contributed by atoms with Gasteiger partial charge in [-0.2, -0.15) is 0 Å². The van der Waals surface area contributed by atoms with Gasteiger partial charge in [-0.15, -0.1) is 9.81 Å². The summed E-state index contributed by atoms with van der Waals surface area (Å²) in [7, 11) is 9.67. The number of nitrogens with one attached hydrogen (secondary N) is 2. The zero-order valence-corrected chi connectivity index (χ0v) is 13.8. The molecular formula is C8H16Cl2N4O4Rh. The molecule has 0 fully saturated rings. The van der Waals surface area contributed by atoms with Gasteiger partial charge in [0, 0.05) is 0 Å². The summed E-state index contributed by atoms with van der Waals surface area (Å²) in [5.74, 6) is 0. The van der Waals surface area contributed by atoms with Gasteiger partial charge >= 0.3 is 34.5 Å². The van der Waals surface area contributed by atoms with Crippen LogP contribution >= 0.6 is 19.4 Å². The predicted molar refractivity (Wildman–Crippen MR) is 69.9 cm³/mol. The van der Waals surface area contributed by atoms with Crippen LogP contribution in [-0.4, -0.2) is 10.4 Å². The van der Waals surface area contributed by atoms with Gasteiger partial charge in [-0.3, -0.25) is 21.4 Å². The molecule has 4 N–H and O–H groups in total. The topological polar surface area (TPSA) is 123 Å². The summed E-state index contributed by atoms with van der Waals surface area (Å²) in [5.41, 5.74) is 4.87. The first kappa shape index (κ1) is 23.5. The van der Waals surface area contributed by atoms with E-state index in [0.717, 1.165) is 0 Å². The summed E-state index contributed by atoms with van der Waals surface area (Å²) in [6.45, 7) is 6.12. The molecular weight excluding hydrogens is 390 g/mol. The van der Waals surface area contributed by atoms with Crippen molar-refractivity contribution in [3.63, 3.8) is 0 Å².